The molecule has 0 radical (unpaired) electrons. The first-order chi connectivity index (χ1) is 8.60. The molecule has 0 aromatic heterocycles. The van der Waals surface area contributed by atoms with Crippen LogP contribution < -0.4 is 0 Å². The highest BCUT2D eigenvalue weighted by atomic mass is 19.1. The van der Waals surface area contributed by atoms with Crippen LogP contribution in [0.4, 0.5) is 10.1 Å². The van der Waals surface area contributed by atoms with Crippen LogP contribution >= 0.6 is 0 Å². The van der Waals surface area contributed by atoms with E-state index in [1.54, 1.807) is 13.0 Å². The zero-order valence-electron chi connectivity index (χ0n) is 10.1. The number of carbonyl (C=O) groups is 1. The fourth-order valence-electron chi connectivity index (χ4n) is 1.12. The lowest BCUT2D eigenvalue weighted by Crippen LogP contribution is -2.05. The second-order valence-corrected chi connectivity index (χ2v) is 3.29. The van der Waals surface area contributed by atoms with Gasteiger partial charge in [0.15, 0.2) is 5.82 Å². The summed E-state index contributed by atoms with van der Waals surface area (Å²) in [7, 11) is 1.16. The second kappa shape index (κ2) is 6.48. The van der Waals surface area contributed by atoms with Gasteiger partial charge in [-0.2, -0.15) is 0 Å². The van der Waals surface area contributed by atoms with Crippen LogP contribution in [0.25, 0.3) is 0 Å². The summed E-state index contributed by atoms with van der Waals surface area (Å²) in [6.45, 7) is 1.64. The Labute approximate surface area is 104 Å². The first-order valence-electron chi connectivity index (χ1n) is 5.26. The predicted molar refractivity (Wildman–Crippen MR) is 62.9 cm³/mol. The molecule has 0 amide bonds. The maximum Gasteiger partial charge on any atom is 0.362 e. The van der Waals surface area contributed by atoms with Crippen molar-refractivity contribution in [3.05, 3.63) is 41.5 Å². The Bertz CT molecular complexity index is 498. The van der Waals surface area contributed by atoms with Crippen LogP contribution in [0.1, 0.15) is 13.3 Å². The Kier molecular flexibility index (Phi) is 4.98. The number of carbonyl (C=O) groups excluding carboxylic acids is 1. The lowest BCUT2D eigenvalue weighted by molar-refractivity contribution is -0.136. The lowest BCUT2D eigenvalue weighted by Gasteiger charge is -2.01. The molecule has 6 heteroatoms. The summed E-state index contributed by atoms with van der Waals surface area (Å²) >= 11 is 0. The van der Waals surface area contributed by atoms with E-state index in [1.165, 1.54) is 18.2 Å². The van der Waals surface area contributed by atoms with Gasteiger partial charge in [-0.3, -0.25) is 0 Å². The van der Waals surface area contributed by atoms with Crippen LogP contribution in [0.5, 0.6) is 0 Å². The number of rotatable bonds is 4. The van der Waals surface area contributed by atoms with Crippen LogP contribution in [-0.2, 0) is 9.53 Å². The molecule has 0 unspecified atom stereocenters. The van der Waals surface area contributed by atoms with E-state index in [1.807, 2.05) is 0 Å². The molecule has 0 aliphatic carbocycles. The molecule has 18 heavy (non-hydrogen) atoms. The number of halogens is 1. The number of allylic oxidation sites excluding steroid dienone is 1. The number of esters is 1. The average Bonchev–Trinajstić information content (AvgIpc) is 2.40. The number of ether oxygens (including phenoxy) is 1. The maximum absolute atomic E-state index is 13.3. The quantitative estimate of drug-likeness (QED) is 0.387. The number of azo groups is 1. The van der Waals surface area contributed by atoms with Crippen LogP contribution in [0, 0.1) is 5.82 Å². The van der Waals surface area contributed by atoms with Crippen LogP contribution in [-0.4, -0.2) is 18.2 Å². The van der Waals surface area contributed by atoms with Crippen molar-refractivity contribution in [2.24, 2.45) is 10.2 Å². The smallest absolute Gasteiger partial charge is 0.362 e. The Morgan fingerprint density at radius 3 is 2.67 bits per heavy atom. The summed E-state index contributed by atoms with van der Waals surface area (Å²) in [5, 5.41) is 16.6. The van der Waals surface area contributed by atoms with Gasteiger partial charge < -0.3 is 9.84 Å². The van der Waals surface area contributed by atoms with E-state index in [0.29, 0.717) is 0 Å². The van der Waals surface area contributed by atoms with Crippen molar-refractivity contribution in [1.82, 2.24) is 0 Å². The Morgan fingerprint density at radius 1 is 1.44 bits per heavy atom. The molecule has 1 aromatic carbocycles. The molecular weight excluding hydrogens is 239 g/mol. The minimum absolute atomic E-state index is 0.0252. The summed E-state index contributed by atoms with van der Waals surface area (Å²) in [5.74, 6) is -1.65. The largest absolute Gasteiger partial charge is 0.510 e. The first-order valence-corrected chi connectivity index (χ1v) is 5.26. The molecule has 0 aliphatic rings. The topological polar surface area (TPSA) is 71.2 Å². The van der Waals surface area contributed by atoms with Crippen molar-refractivity contribution in [3.63, 3.8) is 0 Å². The van der Waals surface area contributed by atoms with E-state index in [0.717, 1.165) is 7.11 Å². The molecule has 0 bridgehead atoms. The zero-order valence-corrected chi connectivity index (χ0v) is 10.1. The summed E-state index contributed by atoms with van der Waals surface area (Å²) in [6.07, 6.45) is 0.195. The van der Waals surface area contributed by atoms with Crippen molar-refractivity contribution >= 4 is 11.7 Å². The third kappa shape index (κ3) is 3.38. The minimum atomic E-state index is -0.825. The third-order valence-corrected chi connectivity index (χ3v) is 2.10. The number of benzene rings is 1. The summed E-state index contributed by atoms with van der Waals surface area (Å²) < 4.78 is 17.7. The van der Waals surface area contributed by atoms with E-state index in [4.69, 9.17) is 0 Å². The molecule has 96 valence electrons. The molecule has 1 aromatic rings. The Morgan fingerprint density at radius 2 is 2.11 bits per heavy atom. The molecule has 0 spiro atoms. The molecule has 0 aliphatic heterocycles. The summed E-state index contributed by atoms with van der Waals surface area (Å²) in [6, 6.07) is 5.71. The Hall–Kier alpha value is -2.24. The standard InChI is InChI=1S/C12H13FN2O3/c1-3-10(16)11(12(17)18-2)15-14-9-7-5-4-6-8(9)13/h4-7,16H,3H2,1-2H3/b11-10+,15-14?. The first kappa shape index (κ1) is 13.8. The average molecular weight is 252 g/mol. The fourth-order valence-corrected chi connectivity index (χ4v) is 1.12. The number of aliphatic hydroxyl groups excluding tert-OH is 1. The van der Waals surface area contributed by atoms with Crippen LogP contribution in [0.2, 0.25) is 0 Å². The highest BCUT2D eigenvalue weighted by molar-refractivity contribution is 5.88. The van der Waals surface area contributed by atoms with E-state index in [2.05, 4.69) is 15.0 Å². The molecular formula is C12H13FN2O3. The fraction of sp³-hybridized carbons (Fsp3) is 0.250. The van der Waals surface area contributed by atoms with E-state index < -0.39 is 11.8 Å². The molecule has 5 nitrogen and oxygen atoms in total. The molecule has 0 heterocycles. The van der Waals surface area contributed by atoms with Gasteiger partial charge in [-0.15, -0.1) is 10.2 Å². The molecule has 0 fully saturated rings. The van der Waals surface area contributed by atoms with Gasteiger partial charge in [-0.1, -0.05) is 19.1 Å². The highest BCUT2D eigenvalue weighted by Gasteiger charge is 2.14. The van der Waals surface area contributed by atoms with Crippen LogP contribution in [0.3, 0.4) is 0 Å². The number of hydrogen-bond donors (Lipinski definition) is 1. The second-order valence-electron chi connectivity index (χ2n) is 3.29. The normalized spacial score (nSPS) is 12.4. The molecule has 0 saturated carbocycles. The van der Waals surface area contributed by atoms with Gasteiger partial charge in [0.2, 0.25) is 5.70 Å². The molecule has 0 saturated heterocycles. The predicted octanol–water partition coefficient (Wildman–Crippen LogP) is 3.26. The van der Waals surface area contributed by atoms with E-state index in [9.17, 15) is 14.3 Å². The number of methoxy groups -OCH3 is 1. The van der Waals surface area contributed by atoms with Gasteiger partial charge in [0.25, 0.3) is 0 Å². The molecule has 1 rings (SSSR count). The highest BCUT2D eigenvalue weighted by Crippen LogP contribution is 2.19. The Balaban J connectivity index is 3.06. The SMILES string of the molecule is CC/C(O)=C(\N=Nc1ccccc1F)C(=O)OC. The number of nitrogens with zero attached hydrogens (tertiary/aromatic N) is 2. The van der Waals surface area contributed by atoms with Crippen molar-refractivity contribution in [2.75, 3.05) is 7.11 Å². The number of hydrogen-bond acceptors (Lipinski definition) is 5. The van der Waals surface area contributed by atoms with Crippen molar-refractivity contribution < 1.29 is 19.0 Å². The maximum atomic E-state index is 13.3. The van der Waals surface area contributed by atoms with Gasteiger partial charge in [-0.05, 0) is 12.1 Å². The monoisotopic (exact) mass is 252 g/mol. The molecule has 0 atom stereocenters. The van der Waals surface area contributed by atoms with E-state index >= 15 is 0 Å². The third-order valence-electron chi connectivity index (χ3n) is 2.10. The van der Waals surface area contributed by atoms with Crippen molar-refractivity contribution in [2.45, 2.75) is 13.3 Å². The van der Waals surface area contributed by atoms with E-state index in [-0.39, 0.29) is 23.6 Å². The summed E-state index contributed by atoms with van der Waals surface area (Å²) in [5.41, 5.74) is -0.356. The van der Waals surface area contributed by atoms with Gasteiger partial charge in [0, 0.05) is 6.42 Å². The molecule has 1 N–H and O–H groups in total. The van der Waals surface area contributed by atoms with Gasteiger partial charge in [0.1, 0.15) is 11.4 Å². The zero-order chi connectivity index (χ0) is 13.5. The van der Waals surface area contributed by atoms with Crippen LogP contribution in [0.15, 0.2) is 46.0 Å². The van der Waals surface area contributed by atoms with Crippen molar-refractivity contribution in [3.8, 4) is 0 Å². The summed E-state index contributed by atoms with van der Waals surface area (Å²) in [4.78, 5) is 11.3. The van der Waals surface area contributed by atoms with Gasteiger partial charge in [-0.25, -0.2) is 9.18 Å². The van der Waals surface area contributed by atoms with Gasteiger partial charge >= 0.3 is 5.97 Å². The van der Waals surface area contributed by atoms with Gasteiger partial charge in [0.05, 0.1) is 7.11 Å². The van der Waals surface area contributed by atoms with Crippen molar-refractivity contribution in [1.29, 1.82) is 0 Å². The minimum Gasteiger partial charge on any atom is -0.510 e. The number of aliphatic hydroxyl groups is 1. The lowest BCUT2D eigenvalue weighted by atomic mass is 10.3.